The summed E-state index contributed by atoms with van der Waals surface area (Å²) in [6.45, 7) is 6.39. The van der Waals surface area contributed by atoms with Crippen molar-refractivity contribution in [1.29, 1.82) is 0 Å². The molecule has 158 valence electrons. The van der Waals surface area contributed by atoms with Crippen molar-refractivity contribution < 1.29 is 22.1 Å². The highest BCUT2D eigenvalue weighted by Gasteiger charge is 2.24. The summed E-state index contributed by atoms with van der Waals surface area (Å²) in [6, 6.07) is 19.7. The molecule has 0 fully saturated rings. The van der Waals surface area contributed by atoms with Gasteiger partial charge < -0.3 is 13.7 Å². The van der Waals surface area contributed by atoms with E-state index in [1.165, 1.54) is 7.11 Å². The van der Waals surface area contributed by atoms with E-state index in [-0.39, 0.29) is 22.3 Å². The van der Waals surface area contributed by atoms with E-state index in [1.54, 1.807) is 36.4 Å². The van der Waals surface area contributed by atoms with Gasteiger partial charge in [0.15, 0.2) is 0 Å². The molecule has 0 saturated heterocycles. The Kier molecular flexibility index (Phi) is 6.67. The molecule has 0 amide bonds. The maximum Gasteiger partial charge on any atom is 0.342 e. The quantitative estimate of drug-likeness (QED) is 0.447. The van der Waals surface area contributed by atoms with Gasteiger partial charge in [0.2, 0.25) is 0 Å². The molecular weight excluding hydrogens is 400 g/mol. The van der Waals surface area contributed by atoms with Crippen LogP contribution in [0.15, 0.2) is 71.6 Å². The van der Waals surface area contributed by atoms with Crippen LogP contribution in [0.25, 0.3) is 0 Å². The van der Waals surface area contributed by atoms with Crippen molar-refractivity contribution in [2.75, 3.05) is 7.11 Å². The Labute approximate surface area is 178 Å². The Bertz CT molecular complexity index is 1090. The fraction of sp³-hybridized carbons (Fsp3) is 0.250. The SMILES string of the molecule is COc1cc(C)c(C(C)C)cc1S(=O)(=O)Oc1ccc(OCc2ccccc2)cc1. The predicted molar refractivity (Wildman–Crippen MR) is 117 cm³/mol. The average Bonchev–Trinajstić information content (AvgIpc) is 2.73. The van der Waals surface area contributed by atoms with E-state index < -0.39 is 10.1 Å². The molecule has 6 heteroatoms. The van der Waals surface area contributed by atoms with Gasteiger partial charge in [0, 0.05) is 0 Å². The molecule has 0 spiro atoms. The molecule has 0 aliphatic carbocycles. The topological polar surface area (TPSA) is 61.8 Å². The van der Waals surface area contributed by atoms with Crippen LogP contribution in [-0.2, 0) is 16.7 Å². The molecule has 0 aliphatic rings. The van der Waals surface area contributed by atoms with E-state index in [1.807, 2.05) is 51.1 Å². The Morgan fingerprint density at radius 3 is 2.13 bits per heavy atom. The number of ether oxygens (including phenoxy) is 2. The van der Waals surface area contributed by atoms with Crippen LogP contribution in [0.1, 0.15) is 36.5 Å². The van der Waals surface area contributed by atoms with E-state index in [4.69, 9.17) is 13.7 Å². The van der Waals surface area contributed by atoms with E-state index in [9.17, 15) is 8.42 Å². The minimum Gasteiger partial charge on any atom is -0.495 e. The van der Waals surface area contributed by atoms with Crippen molar-refractivity contribution >= 4 is 10.1 Å². The van der Waals surface area contributed by atoms with Crippen LogP contribution < -0.4 is 13.7 Å². The molecule has 0 heterocycles. The monoisotopic (exact) mass is 426 g/mol. The van der Waals surface area contributed by atoms with Gasteiger partial charge in [0.25, 0.3) is 0 Å². The molecule has 3 aromatic rings. The zero-order valence-corrected chi connectivity index (χ0v) is 18.4. The largest absolute Gasteiger partial charge is 0.495 e. The molecule has 0 N–H and O–H groups in total. The second-order valence-corrected chi connectivity index (χ2v) is 8.81. The van der Waals surface area contributed by atoms with Gasteiger partial charge >= 0.3 is 10.1 Å². The number of benzene rings is 3. The summed E-state index contributed by atoms with van der Waals surface area (Å²) in [6.07, 6.45) is 0. The van der Waals surface area contributed by atoms with Crippen LogP contribution in [0.2, 0.25) is 0 Å². The summed E-state index contributed by atoms with van der Waals surface area (Å²) >= 11 is 0. The van der Waals surface area contributed by atoms with Gasteiger partial charge in [-0.2, -0.15) is 8.42 Å². The van der Waals surface area contributed by atoms with Crippen LogP contribution in [0.3, 0.4) is 0 Å². The van der Waals surface area contributed by atoms with Gasteiger partial charge in [-0.1, -0.05) is 44.2 Å². The average molecular weight is 427 g/mol. The summed E-state index contributed by atoms with van der Waals surface area (Å²) < 4.78 is 42.2. The first-order valence-electron chi connectivity index (χ1n) is 9.70. The molecule has 3 rings (SSSR count). The van der Waals surface area contributed by atoms with Gasteiger partial charge in [-0.05, 0) is 65.9 Å². The number of aryl methyl sites for hydroxylation is 1. The number of hydrogen-bond donors (Lipinski definition) is 0. The Morgan fingerprint density at radius 1 is 0.900 bits per heavy atom. The molecule has 0 radical (unpaired) electrons. The lowest BCUT2D eigenvalue weighted by Gasteiger charge is -2.16. The number of hydrogen-bond acceptors (Lipinski definition) is 5. The molecular formula is C24H26O5S. The van der Waals surface area contributed by atoms with Crippen LogP contribution in [0, 0.1) is 6.92 Å². The summed E-state index contributed by atoms with van der Waals surface area (Å²) in [4.78, 5) is 0.0173. The lowest BCUT2D eigenvalue weighted by atomic mass is 9.98. The minimum absolute atomic E-state index is 0.0173. The smallest absolute Gasteiger partial charge is 0.342 e. The van der Waals surface area contributed by atoms with E-state index >= 15 is 0 Å². The van der Waals surface area contributed by atoms with Crippen molar-refractivity contribution in [2.24, 2.45) is 0 Å². The van der Waals surface area contributed by atoms with Crippen molar-refractivity contribution in [3.05, 3.63) is 83.4 Å². The highest BCUT2D eigenvalue weighted by atomic mass is 32.2. The van der Waals surface area contributed by atoms with E-state index in [2.05, 4.69) is 0 Å². The van der Waals surface area contributed by atoms with Gasteiger partial charge in [0.1, 0.15) is 28.8 Å². The lowest BCUT2D eigenvalue weighted by molar-refractivity contribution is 0.306. The fourth-order valence-electron chi connectivity index (χ4n) is 3.16. The Morgan fingerprint density at radius 2 is 1.53 bits per heavy atom. The van der Waals surface area contributed by atoms with Crippen molar-refractivity contribution in [3.63, 3.8) is 0 Å². The lowest BCUT2D eigenvalue weighted by Crippen LogP contribution is -2.12. The maximum atomic E-state index is 12.9. The Balaban J connectivity index is 1.77. The standard InChI is InChI=1S/C24H26O5S/c1-17(2)22-15-24(23(27-4)14-18(22)3)30(25,26)29-21-12-10-20(11-13-21)28-16-19-8-6-5-7-9-19/h5-15,17H,16H2,1-4H3. The van der Waals surface area contributed by atoms with Crippen LogP contribution in [0.4, 0.5) is 0 Å². The second-order valence-electron chi connectivity index (χ2n) is 7.30. The highest BCUT2D eigenvalue weighted by Crippen LogP contribution is 2.33. The third kappa shape index (κ3) is 5.13. The van der Waals surface area contributed by atoms with E-state index in [0.29, 0.717) is 12.4 Å². The molecule has 5 nitrogen and oxygen atoms in total. The molecule has 0 saturated carbocycles. The van der Waals surface area contributed by atoms with Gasteiger partial charge in [-0.25, -0.2) is 0 Å². The zero-order valence-electron chi connectivity index (χ0n) is 17.6. The third-order valence-corrected chi connectivity index (χ3v) is 5.99. The van der Waals surface area contributed by atoms with Crippen LogP contribution in [-0.4, -0.2) is 15.5 Å². The molecule has 0 aliphatic heterocycles. The maximum absolute atomic E-state index is 12.9. The second kappa shape index (κ2) is 9.22. The third-order valence-electron chi connectivity index (χ3n) is 4.72. The molecule has 30 heavy (non-hydrogen) atoms. The molecule has 0 unspecified atom stereocenters. The number of methoxy groups -OCH3 is 1. The molecule has 0 bridgehead atoms. The summed E-state index contributed by atoms with van der Waals surface area (Å²) in [5, 5.41) is 0. The minimum atomic E-state index is -4.06. The first-order chi connectivity index (χ1) is 14.3. The molecule has 3 aromatic carbocycles. The summed E-state index contributed by atoms with van der Waals surface area (Å²) in [5.74, 6) is 1.26. The highest BCUT2D eigenvalue weighted by molar-refractivity contribution is 7.87. The van der Waals surface area contributed by atoms with Crippen LogP contribution in [0.5, 0.6) is 17.2 Å². The first-order valence-corrected chi connectivity index (χ1v) is 11.1. The van der Waals surface area contributed by atoms with Crippen molar-refractivity contribution in [2.45, 2.75) is 38.2 Å². The summed E-state index contributed by atoms with van der Waals surface area (Å²) in [7, 11) is -2.62. The van der Waals surface area contributed by atoms with Gasteiger partial charge in [-0.3, -0.25) is 0 Å². The predicted octanol–water partition coefficient (Wildman–Crippen LogP) is 5.47. The van der Waals surface area contributed by atoms with Crippen LogP contribution >= 0.6 is 0 Å². The normalized spacial score (nSPS) is 11.4. The zero-order chi connectivity index (χ0) is 21.7. The molecule has 0 aromatic heterocycles. The number of rotatable bonds is 8. The van der Waals surface area contributed by atoms with Gasteiger partial charge in [-0.15, -0.1) is 0 Å². The fourth-order valence-corrected chi connectivity index (χ4v) is 4.27. The Hall–Kier alpha value is -2.99. The first kappa shape index (κ1) is 21.7. The van der Waals surface area contributed by atoms with Gasteiger partial charge in [0.05, 0.1) is 7.11 Å². The van der Waals surface area contributed by atoms with E-state index in [0.717, 1.165) is 16.7 Å². The van der Waals surface area contributed by atoms with Crippen molar-refractivity contribution in [1.82, 2.24) is 0 Å². The molecule has 0 atom stereocenters. The van der Waals surface area contributed by atoms with Crippen molar-refractivity contribution in [3.8, 4) is 17.2 Å². The summed E-state index contributed by atoms with van der Waals surface area (Å²) in [5.41, 5.74) is 2.95.